The second-order valence-electron chi connectivity index (χ2n) is 6.56. The van der Waals surface area contributed by atoms with Crippen molar-refractivity contribution in [3.8, 4) is 0 Å². The van der Waals surface area contributed by atoms with Gasteiger partial charge in [-0.3, -0.25) is 0 Å². The minimum atomic E-state index is 0.261. The molecule has 1 saturated carbocycles. The van der Waals surface area contributed by atoms with Crippen LogP contribution in [-0.4, -0.2) is 6.10 Å². The van der Waals surface area contributed by atoms with Crippen molar-refractivity contribution in [1.29, 1.82) is 0 Å². The summed E-state index contributed by atoms with van der Waals surface area (Å²) in [4.78, 5) is 0. The van der Waals surface area contributed by atoms with Crippen LogP contribution in [0, 0.1) is 0 Å². The molecule has 0 aliphatic heterocycles. The van der Waals surface area contributed by atoms with Crippen LogP contribution >= 0.6 is 11.6 Å². The SMILES string of the molecule is CC1(c2ccc(Cl)cc2)CCC(OCc2ccccc2)CC1. The molecular weight excluding hydrogens is 292 g/mol. The van der Waals surface area contributed by atoms with E-state index in [-0.39, 0.29) is 5.41 Å². The van der Waals surface area contributed by atoms with Gasteiger partial charge in [0.1, 0.15) is 0 Å². The Balaban J connectivity index is 1.54. The molecule has 2 aromatic carbocycles. The van der Waals surface area contributed by atoms with Gasteiger partial charge in [0.05, 0.1) is 12.7 Å². The van der Waals surface area contributed by atoms with Crippen LogP contribution in [0.4, 0.5) is 0 Å². The second-order valence-corrected chi connectivity index (χ2v) is 7.00. The van der Waals surface area contributed by atoms with Crippen molar-refractivity contribution in [3.05, 3.63) is 70.7 Å². The van der Waals surface area contributed by atoms with Gasteiger partial charge in [0.15, 0.2) is 0 Å². The molecule has 1 nitrogen and oxygen atoms in total. The Morgan fingerprint density at radius 1 is 1.00 bits per heavy atom. The molecule has 0 spiro atoms. The summed E-state index contributed by atoms with van der Waals surface area (Å²) in [6, 6.07) is 18.8. The summed E-state index contributed by atoms with van der Waals surface area (Å²) in [6.45, 7) is 3.09. The molecular formula is C20H23ClO. The molecule has 2 aromatic rings. The summed E-state index contributed by atoms with van der Waals surface area (Å²) in [5, 5.41) is 0.812. The highest BCUT2D eigenvalue weighted by Gasteiger charge is 2.32. The normalized spacial score (nSPS) is 25.1. The highest BCUT2D eigenvalue weighted by molar-refractivity contribution is 6.30. The lowest BCUT2D eigenvalue weighted by Gasteiger charge is -2.37. The van der Waals surface area contributed by atoms with Crippen LogP contribution in [0.1, 0.15) is 43.7 Å². The molecule has 2 heteroatoms. The minimum Gasteiger partial charge on any atom is -0.374 e. The van der Waals surface area contributed by atoms with Crippen LogP contribution in [0.3, 0.4) is 0 Å². The van der Waals surface area contributed by atoms with Gasteiger partial charge in [0.25, 0.3) is 0 Å². The molecule has 1 fully saturated rings. The number of rotatable bonds is 4. The maximum atomic E-state index is 6.10. The van der Waals surface area contributed by atoms with E-state index in [1.54, 1.807) is 0 Å². The van der Waals surface area contributed by atoms with Crippen LogP contribution in [0.25, 0.3) is 0 Å². The van der Waals surface area contributed by atoms with E-state index in [1.165, 1.54) is 24.0 Å². The topological polar surface area (TPSA) is 9.23 Å². The first kappa shape index (κ1) is 15.6. The molecule has 0 N–H and O–H groups in total. The summed E-state index contributed by atoms with van der Waals surface area (Å²) in [5.74, 6) is 0. The lowest BCUT2D eigenvalue weighted by molar-refractivity contribution is 0.00361. The molecule has 0 unspecified atom stereocenters. The van der Waals surface area contributed by atoms with E-state index in [9.17, 15) is 0 Å². The molecule has 0 saturated heterocycles. The first-order chi connectivity index (χ1) is 10.7. The Morgan fingerprint density at radius 2 is 1.64 bits per heavy atom. The molecule has 1 aliphatic carbocycles. The molecule has 0 bridgehead atoms. The minimum absolute atomic E-state index is 0.261. The van der Waals surface area contributed by atoms with Crippen molar-refractivity contribution in [2.45, 2.75) is 50.7 Å². The Morgan fingerprint density at radius 3 is 2.27 bits per heavy atom. The average molecular weight is 315 g/mol. The maximum Gasteiger partial charge on any atom is 0.0720 e. The molecule has 1 aliphatic rings. The van der Waals surface area contributed by atoms with Crippen molar-refractivity contribution >= 4 is 11.6 Å². The fraction of sp³-hybridized carbons (Fsp3) is 0.400. The summed E-state index contributed by atoms with van der Waals surface area (Å²) in [7, 11) is 0. The van der Waals surface area contributed by atoms with Gasteiger partial charge < -0.3 is 4.74 Å². The van der Waals surface area contributed by atoms with Crippen LogP contribution < -0.4 is 0 Å². The van der Waals surface area contributed by atoms with Gasteiger partial charge in [-0.2, -0.15) is 0 Å². The zero-order chi connectivity index (χ0) is 15.4. The third kappa shape index (κ3) is 3.71. The average Bonchev–Trinajstić information content (AvgIpc) is 2.56. The quantitative estimate of drug-likeness (QED) is 0.697. The molecule has 0 aromatic heterocycles. The van der Waals surface area contributed by atoms with Crippen molar-refractivity contribution in [2.24, 2.45) is 0 Å². The van der Waals surface area contributed by atoms with Crippen molar-refractivity contribution < 1.29 is 4.74 Å². The van der Waals surface area contributed by atoms with Crippen LogP contribution in [0.2, 0.25) is 5.02 Å². The molecule has 116 valence electrons. The summed E-state index contributed by atoms with van der Waals surface area (Å²) >= 11 is 6.00. The largest absolute Gasteiger partial charge is 0.374 e. The predicted molar refractivity (Wildman–Crippen MR) is 92.3 cm³/mol. The monoisotopic (exact) mass is 314 g/mol. The summed E-state index contributed by atoms with van der Waals surface area (Å²) < 4.78 is 6.10. The molecule has 0 heterocycles. The Kier molecular flexibility index (Phi) is 4.85. The third-order valence-electron chi connectivity index (χ3n) is 4.91. The van der Waals surface area contributed by atoms with E-state index in [0.717, 1.165) is 24.5 Å². The molecule has 0 amide bonds. The van der Waals surface area contributed by atoms with Gasteiger partial charge in [0, 0.05) is 5.02 Å². The summed E-state index contributed by atoms with van der Waals surface area (Å²) in [6.07, 6.45) is 5.00. The molecule has 3 rings (SSSR count). The molecule has 22 heavy (non-hydrogen) atoms. The van der Waals surface area contributed by atoms with Crippen molar-refractivity contribution in [2.75, 3.05) is 0 Å². The molecule has 0 radical (unpaired) electrons. The maximum absolute atomic E-state index is 6.10. The first-order valence-electron chi connectivity index (χ1n) is 8.07. The lowest BCUT2D eigenvalue weighted by atomic mass is 9.70. The van der Waals surface area contributed by atoms with Gasteiger partial charge in [0.2, 0.25) is 0 Å². The number of benzene rings is 2. The highest BCUT2D eigenvalue weighted by atomic mass is 35.5. The van der Waals surface area contributed by atoms with Gasteiger partial charge in [-0.05, 0) is 54.4 Å². The fourth-order valence-corrected chi connectivity index (χ4v) is 3.45. The van der Waals surface area contributed by atoms with Crippen LogP contribution in [0.5, 0.6) is 0 Å². The third-order valence-corrected chi connectivity index (χ3v) is 5.16. The molecule has 0 atom stereocenters. The van der Waals surface area contributed by atoms with E-state index >= 15 is 0 Å². The van der Waals surface area contributed by atoms with Gasteiger partial charge in [-0.25, -0.2) is 0 Å². The number of hydrogen-bond acceptors (Lipinski definition) is 1. The van der Waals surface area contributed by atoms with E-state index in [4.69, 9.17) is 16.3 Å². The predicted octanol–water partition coefficient (Wildman–Crippen LogP) is 5.76. The van der Waals surface area contributed by atoms with Crippen LogP contribution in [0.15, 0.2) is 54.6 Å². The number of halogens is 1. The Hall–Kier alpha value is -1.31. The van der Waals surface area contributed by atoms with E-state index < -0.39 is 0 Å². The standard InChI is InChI=1S/C20H23ClO/c1-20(17-7-9-18(21)10-8-17)13-11-19(12-14-20)22-15-16-5-3-2-4-6-16/h2-10,19H,11-15H2,1H3. The van der Waals surface area contributed by atoms with Gasteiger partial charge in [-0.1, -0.05) is 61.0 Å². The summed E-state index contributed by atoms with van der Waals surface area (Å²) in [5.41, 5.74) is 2.92. The Bertz CT molecular complexity index is 583. The van der Waals surface area contributed by atoms with Crippen molar-refractivity contribution in [1.82, 2.24) is 0 Å². The van der Waals surface area contributed by atoms with E-state index in [2.05, 4.69) is 43.3 Å². The zero-order valence-corrected chi connectivity index (χ0v) is 13.9. The van der Waals surface area contributed by atoms with Gasteiger partial charge >= 0.3 is 0 Å². The highest BCUT2D eigenvalue weighted by Crippen LogP contribution is 2.40. The first-order valence-corrected chi connectivity index (χ1v) is 8.45. The lowest BCUT2D eigenvalue weighted by Crippen LogP contribution is -2.32. The van der Waals surface area contributed by atoms with Crippen molar-refractivity contribution in [3.63, 3.8) is 0 Å². The van der Waals surface area contributed by atoms with E-state index in [1.807, 2.05) is 18.2 Å². The fourth-order valence-electron chi connectivity index (χ4n) is 3.32. The number of hydrogen-bond donors (Lipinski definition) is 0. The van der Waals surface area contributed by atoms with Crippen LogP contribution in [-0.2, 0) is 16.8 Å². The van der Waals surface area contributed by atoms with Gasteiger partial charge in [-0.15, -0.1) is 0 Å². The Labute approximate surface area is 138 Å². The van der Waals surface area contributed by atoms with E-state index in [0.29, 0.717) is 6.10 Å². The smallest absolute Gasteiger partial charge is 0.0720 e. The number of ether oxygens (including phenoxy) is 1. The second kappa shape index (κ2) is 6.85. The zero-order valence-electron chi connectivity index (χ0n) is 13.1.